The highest BCUT2D eigenvalue weighted by Crippen LogP contribution is 2.24. The molecule has 0 spiro atoms. The van der Waals surface area contributed by atoms with E-state index < -0.39 is 22.0 Å². The van der Waals surface area contributed by atoms with Crippen LogP contribution in [-0.2, 0) is 24.3 Å². The van der Waals surface area contributed by atoms with E-state index >= 15 is 0 Å². The van der Waals surface area contributed by atoms with E-state index in [1.165, 1.54) is 13.2 Å². The van der Waals surface area contributed by atoms with Gasteiger partial charge in [0.05, 0.1) is 12.0 Å². The maximum absolute atomic E-state index is 12.9. The van der Waals surface area contributed by atoms with Crippen LogP contribution < -0.4 is 14.9 Å². The third-order valence-electron chi connectivity index (χ3n) is 6.26. The quantitative estimate of drug-likeness (QED) is 0.397. The molecular formula is C25H27BrN4O5S. The molecule has 1 saturated heterocycles. The number of anilines is 1. The fourth-order valence-electron chi connectivity index (χ4n) is 4.22. The molecule has 190 valence electrons. The van der Waals surface area contributed by atoms with Gasteiger partial charge >= 0.3 is 5.97 Å². The standard InChI is InChI=1S/C25H27BrN4O5S/c1-35-25(32)23(29-24(31)17-8-12-30(13-9-17)21-6-10-27-11-7-21)16-28-36(33,34)22-5-3-18-14-20(26)4-2-19(18)15-22/h2-7,10-11,14-15,17,23,28H,8-9,12-13,16H2,1H3,(H,29,31). The van der Waals surface area contributed by atoms with Crippen molar-refractivity contribution in [3.63, 3.8) is 0 Å². The topological polar surface area (TPSA) is 118 Å². The highest BCUT2D eigenvalue weighted by molar-refractivity contribution is 9.10. The van der Waals surface area contributed by atoms with Gasteiger partial charge in [-0.05, 0) is 60.0 Å². The molecule has 0 radical (unpaired) electrons. The van der Waals surface area contributed by atoms with Gasteiger partial charge in [-0.3, -0.25) is 9.78 Å². The van der Waals surface area contributed by atoms with Crippen LogP contribution in [0.1, 0.15) is 12.8 Å². The van der Waals surface area contributed by atoms with Gasteiger partial charge in [0.15, 0.2) is 0 Å². The van der Waals surface area contributed by atoms with Crippen LogP contribution >= 0.6 is 15.9 Å². The van der Waals surface area contributed by atoms with Gasteiger partial charge in [-0.1, -0.05) is 28.1 Å². The summed E-state index contributed by atoms with van der Waals surface area (Å²) < 4.78 is 34.0. The van der Waals surface area contributed by atoms with Crippen LogP contribution in [0.2, 0.25) is 0 Å². The molecule has 1 aliphatic heterocycles. The number of benzene rings is 2. The molecule has 36 heavy (non-hydrogen) atoms. The molecule has 0 bridgehead atoms. The monoisotopic (exact) mass is 574 g/mol. The minimum absolute atomic E-state index is 0.0655. The lowest BCUT2D eigenvalue weighted by atomic mass is 9.95. The third-order valence-corrected chi connectivity index (χ3v) is 8.17. The molecule has 2 N–H and O–H groups in total. The number of hydrogen-bond donors (Lipinski definition) is 2. The number of methoxy groups -OCH3 is 1. The molecule has 1 fully saturated rings. The zero-order valence-electron chi connectivity index (χ0n) is 19.7. The van der Waals surface area contributed by atoms with Crippen molar-refractivity contribution in [2.75, 3.05) is 31.6 Å². The smallest absolute Gasteiger partial charge is 0.329 e. The van der Waals surface area contributed by atoms with Crippen molar-refractivity contribution < 1.29 is 22.7 Å². The van der Waals surface area contributed by atoms with Crippen LogP contribution in [0.15, 0.2) is 70.3 Å². The number of rotatable bonds is 8. The number of ether oxygens (including phenoxy) is 1. The fourth-order valence-corrected chi connectivity index (χ4v) is 5.68. The number of halogens is 1. The Morgan fingerprint density at radius 2 is 1.75 bits per heavy atom. The zero-order valence-corrected chi connectivity index (χ0v) is 22.1. The van der Waals surface area contributed by atoms with Gasteiger partial charge in [-0.25, -0.2) is 17.9 Å². The number of nitrogens with zero attached hydrogens (tertiary/aromatic N) is 2. The van der Waals surface area contributed by atoms with E-state index in [2.05, 4.69) is 35.9 Å². The van der Waals surface area contributed by atoms with E-state index in [4.69, 9.17) is 4.74 Å². The Morgan fingerprint density at radius 1 is 1.08 bits per heavy atom. The molecule has 2 heterocycles. The van der Waals surface area contributed by atoms with Crippen LogP contribution in [-0.4, -0.2) is 58.1 Å². The molecule has 1 atom stereocenters. The number of amides is 1. The SMILES string of the molecule is COC(=O)C(CNS(=O)(=O)c1ccc2cc(Br)ccc2c1)NC(=O)C1CCN(c2ccncc2)CC1. The summed E-state index contributed by atoms with van der Waals surface area (Å²) in [5.41, 5.74) is 1.05. The third kappa shape index (κ3) is 6.21. The number of sulfonamides is 1. The van der Waals surface area contributed by atoms with E-state index in [1.807, 2.05) is 30.3 Å². The first-order valence-electron chi connectivity index (χ1n) is 11.5. The van der Waals surface area contributed by atoms with Gasteiger partial charge < -0.3 is 15.0 Å². The molecule has 11 heteroatoms. The van der Waals surface area contributed by atoms with Crippen molar-refractivity contribution >= 4 is 54.3 Å². The van der Waals surface area contributed by atoms with Crippen LogP contribution in [0, 0.1) is 5.92 Å². The molecule has 1 unspecified atom stereocenters. The largest absolute Gasteiger partial charge is 0.467 e. The second-order valence-electron chi connectivity index (χ2n) is 8.56. The molecule has 2 aromatic carbocycles. The number of pyridine rings is 1. The summed E-state index contributed by atoms with van der Waals surface area (Å²) >= 11 is 3.40. The summed E-state index contributed by atoms with van der Waals surface area (Å²) in [6.07, 6.45) is 4.68. The van der Waals surface area contributed by atoms with Gasteiger partial charge in [0.2, 0.25) is 15.9 Å². The van der Waals surface area contributed by atoms with E-state index in [0.717, 1.165) is 20.9 Å². The fraction of sp³-hybridized carbons (Fsp3) is 0.320. The van der Waals surface area contributed by atoms with Gasteiger partial charge in [0, 0.05) is 48.1 Å². The first-order valence-corrected chi connectivity index (χ1v) is 13.8. The number of aromatic nitrogens is 1. The molecule has 9 nitrogen and oxygen atoms in total. The second kappa shape index (κ2) is 11.4. The Hall–Kier alpha value is -3.02. The highest BCUT2D eigenvalue weighted by atomic mass is 79.9. The number of hydrogen-bond acceptors (Lipinski definition) is 7. The minimum Gasteiger partial charge on any atom is -0.467 e. The van der Waals surface area contributed by atoms with Crippen LogP contribution in [0.5, 0.6) is 0 Å². The van der Waals surface area contributed by atoms with Crippen molar-refractivity contribution in [3.05, 3.63) is 65.4 Å². The molecule has 1 aromatic heterocycles. The van der Waals surface area contributed by atoms with Crippen LogP contribution in [0.25, 0.3) is 10.8 Å². The molecule has 3 aromatic rings. The predicted molar refractivity (Wildman–Crippen MR) is 140 cm³/mol. The molecular weight excluding hydrogens is 548 g/mol. The van der Waals surface area contributed by atoms with E-state index in [-0.39, 0.29) is 23.3 Å². The summed E-state index contributed by atoms with van der Waals surface area (Å²) in [5, 5.41) is 4.33. The highest BCUT2D eigenvalue weighted by Gasteiger charge is 2.30. The number of fused-ring (bicyclic) bond motifs is 1. The number of carbonyl (C=O) groups excluding carboxylic acids is 2. The molecule has 4 rings (SSSR count). The molecule has 0 saturated carbocycles. The Balaban J connectivity index is 1.38. The van der Waals surface area contributed by atoms with Crippen molar-refractivity contribution in [1.29, 1.82) is 0 Å². The van der Waals surface area contributed by atoms with Crippen molar-refractivity contribution in [1.82, 2.24) is 15.0 Å². The average Bonchev–Trinajstić information content (AvgIpc) is 2.90. The first kappa shape index (κ1) is 26.1. The Labute approximate surface area is 218 Å². The lowest BCUT2D eigenvalue weighted by Gasteiger charge is -2.33. The Morgan fingerprint density at radius 3 is 2.44 bits per heavy atom. The summed E-state index contributed by atoms with van der Waals surface area (Å²) in [5.74, 6) is -1.30. The van der Waals surface area contributed by atoms with E-state index in [1.54, 1.807) is 24.5 Å². The molecule has 0 aliphatic carbocycles. The van der Waals surface area contributed by atoms with Gasteiger partial charge in [-0.2, -0.15) is 0 Å². The van der Waals surface area contributed by atoms with Crippen molar-refractivity contribution in [3.8, 4) is 0 Å². The number of piperidine rings is 1. The minimum atomic E-state index is -3.93. The maximum Gasteiger partial charge on any atom is 0.329 e. The zero-order chi connectivity index (χ0) is 25.7. The summed E-state index contributed by atoms with van der Waals surface area (Å²) in [7, 11) is -2.73. The number of nitrogens with one attached hydrogen (secondary N) is 2. The summed E-state index contributed by atoms with van der Waals surface area (Å²) in [4.78, 5) is 31.5. The predicted octanol–water partition coefficient (Wildman–Crippen LogP) is 2.85. The van der Waals surface area contributed by atoms with Gasteiger partial charge in [0.25, 0.3) is 0 Å². The van der Waals surface area contributed by atoms with Gasteiger partial charge in [-0.15, -0.1) is 0 Å². The second-order valence-corrected chi connectivity index (χ2v) is 11.2. The lowest BCUT2D eigenvalue weighted by Crippen LogP contribution is -2.51. The van der Waals surface area contributed by atoms with E-state index in [9.17, 15) is 18.0 Å². The van der Waals surface area contributed by atoms with Crippen LogP contribution in [0.4, 0.5) is 5.69 Å². The van der Waals surface area contributed by atoms with Crippen molar-refractivity contribution in [2.24, 2.45) is 5.92 Å². The Kier molecular flexibility index (Phi) is 8.22. The van der Waals surface area contributed by atoms with Crippen molar-refractivity contribution in [2.45, 2.75) is 23.8 Å². The normalized spacial score (nSPS) is 15.4. The average molecular weight is 575 g/mol. The molecule has 1 aliphatic rings. The van der Waals surface area contributed by atoms with E-state index in [0.29, 0.717) is 25.9 Å². The number of carbonyl (C=O) groups is 2. The lowest BCUT2D eigenvalue weighted by molar-refractivity contribution is -0.145. The Bertz CT molecular complexity index is 1350. The maximum atomic E-state index is 12.9. The molecule has 1 amide bonds. The number of esters is 1. The summed E-state index contributed by atoms with van der Waals surface area (Å²) in [6, 6.07) is 13.0. The van der Waals surface area contributed by atoms with Gasteiger partial charge in [0.1, 0.15) is 6.04 Å². The first-order chi connectivity index (χ1) is 17.3. The van der Waals surface area contributed by atoms with Crippen LogP contribution in [0.3, 0.4) is 0 Å². The summed E-state index contributed by atoms with van der Waals surface area (Å²) in [6.45, 7) is 1.06.